The van der Waals surface area contributed by atoms with Gasteiger partial charge >= 0.3 is 0 Å². The van der Waals surface area contributed by atoms with Crippen molar-refractivity contribution in [2.24, 2.45) is 20.0 Å². The second kappa shape index (κ2) is 13.3. The lowest BCUT2D eigenvalue weighted by Crippen LogP contribution is -2.38. The maximum absolute atomic E-state index is 13.5. The van der Waals surface area contributed by atoms with Crippen molar-refractivity contribution in [2.75, 3.05) is 0 Å². The van der Waals surface area contributed by atoms with E-state index in [1.54, 1.807) is 13.8 Å². The topological polar surface area (TPSA) is 142 Å². The summed E-state index contributed by atoms with van der Waals surface area (Å²) in [6, 6.07) is 19.4. The lowest BCUT2D eigenvalue weighted by Gasteiger charge is -2.27. The molecular formula is C46H34N4O6. The summed E-state index contributed by atoms with van der Waals surface area (Å²) in [7, 11) is 0. The van der Waals surface area contributed by atoms with Gasteiger partial charge in [0.1, 0.15) is 0 Å². The zero-order chi connectivity index (χ0) is 38.8. The highest BCUT2D eigenvalue weighted by molar-refractivity contribution is 6.38. The second-order valence-corrected chi connectivity index (χ2v) is 14.2. The Hall–Kier alpha value is -7.20. The number of nitrogens with zero attached hydrogens (tertiary/aromatic N) is 4. The summed E-state index contributed by atoms with van der Waals surface area (Å²) in [6.45, 7) is 7.29. The van der Waals surface area contributed by atoms with Crippen molar-refractivity contribution < 1.29 is 19.7 Å². The summed E-state index contributed by atoms with van der Waals surface area (Å²) >= 11 is 0. The van der Waals surface area contributed by atoms with Crippen LogP contribution in [0.2, 0.25) is 0 Å². The minimum atomic E-state index is -0.688. The summed E-state index contributed by atoms with van der Waals surface area (Å²) in [5.41, 5.74) is 7.12. The number of aliphatic imine (C=N–C) groups is 4. The molecule has 5 aliphatic heterocycles. The summed E-state index contributed by atoms with van der Waals surface area (Å²) in [5.74, 6) is -0.504. The lowest BCUT2D eigenvalue weighted by molar-refractivity contribution is 0.119. The minimum absolute atomic E-state index is 0.00904. The van der Waals surface area contributed by atoms with Crippen LogP contribution < -0.4 is 15.6 Å². The van der Waals surface area contributed by atoms with Crippen LogP contribution in [0.1, 0.15) is 44.4 Å². The lowest BCUT2D eigenvalue weighted by atomic mass is 9.88. The van der Waals surface area contributed by atoms with Crippen LogP contribution >= 0.6 is 0 Å². The molecular weight excluding hydrogens is 705 g/mol. The average Bonchev–Trinajstić information content (AvgIpc) is 4.04. The monoisotopic (exact) mass is 738 g/mol. The number of hydrogen-bond donors (Lipinski definition) is 2. The van der Waals surface area contributed by atoms with Gasteiger partial charge in [-0.3, -0.25) is 9.59 Å². The van der Waals surface area contributed by atoms with Gasteiger partial charge in [0.15, 0.2) is 17.3 Å². The average molecular weight is 739 g/mol. The second-order valence-electron chi connectivity index (χ2n) is 14.2. The van der Waals surface area contributed by atoms with Crippen molar-refractivity contribution >= 4 is 39.6 Å². The van der Waals surface area contributed by atoms with E-state index in [1.165, 1.54) is 0 Å². The first kappa shape index (κ1) is 34.6. The van der Waals surface area contributed by atoms with E-state index in [0.29, 0.717) is 73.5 Å². The van der Waals surface area contributed by atoms with Crippen LogP contribution in [0.15, 0.2) is 190 Å². The van der Waals surface area contributed by atoms with Crippen LogP contribution in [-0.2, 0) is 4.74 Å². The SMILES string of the molecule is CC(C)OC1=C(C2=C3C=CC(=N3)C(c3ccccc3)=C3C=CC(=N3)C(c3c(OC(C)C)c(=O)c3=O)=C3C=CC(=N3)C(c3ccccc3)=C3C=CC2=N3)C(O)=C1O. The summed E-state index contributed by atoms with van der Waals surface area (Å²) in [6.07, 6.45) is 14.1. The third-order valence-corrected chi connectivity index (χ3v) is 9.71. The number of aliphatic hydroxyl groups excluding tert-OH is 2. The van der Waals surface area contributed by atoms with Crippen molar-refractivity contribution in [1.82, 2.24) is 0 Å². The van der Waals surface area contributed by atoms with Crippen molar-refractivity contribution in [3.05, 3.63) is 198 Å². The van der Waals surface area contributed by atoms with Crippen LogP contribution in [0.4, 0.5) is 0 Å². The van der Waals surface area contributed by atoms with Gasteiger partial charge in [0.05, 0.1) is 69.0 Å². The van der Waals surface area contributed by atoms with Crippen LogP contribution in [0.5, 0.6) is 5.75 Å². The molecule has 1 aliphatic carbocycles. The molecule has 6 aliphatic rings. The molecule has 10 nitrogen and oxygen atoms in total. The Morgan fingerprint density at radius 2 is 0.875 bits per heavy atom. The number of allylic oxidation sites excluding steroid dienone is 12. The van der Waals surface area contributed by atoms with E-state index in [9.17, 15) is 19.8 Å². The first-order valence-electron chi connectivity index (χ1n) is 18.3. The van der Waals surface area contributed by atoms with E-state index in [4.69, 9.17) is 29.4 Å². The fourth-order valence-corrected chi connectivity index (χ4v) is 7.32. The van der Waals surface area contributed by atoms with Gasteiger partial charge in [0.25, 0.3) is 5.43 Å². The fraction of sp³-hybridized carbons (Fsp3) is 0.130. The van der Waals surface area contributed by atoms with Gasteiger partial charge in [-0.1, -0.05) is 60.7 Å². The zero-order valence-electron chi connectivity index (χ0n) is 30.9. The number of benzene rings is 2. The van der Waals surface area contributed by atoms with Gasteiger partial charge in [-0.05, 0) is 87.4 Å². The first-order chi connectivity index (χ1) is 27.1. The third-order valence-electron chi connectivity index (χ3n) is 9.71. The number of ether oxygens (including phenoxy) is 2. The highest BCUT2D eigenvalue weighted by atomic mass is 16.5. The molecule has 0 saturated carbocycles. The van der Waals surface area contributed by atoms with E-state index in [0.717, 1.165) is 11.1 Å². The van der Waals surface area contributed by atoms with Gasteiger partial charge in [0, 0.05) is 22.3 Å². The summed E-state index contributed by atoms with van der Waals surface area (Å²) in [4.78, 5) is 47.0. The Kier molecular flexibility index (Phi) is 8.19. The smallest absolute Gasteiger partial charge is 0.268 e. The largest absolute Gasteiger partial charge is 0.504 e. The van der Waals surface area contributed by atoms with E-state index in [-0.39, 0.29) is 40.8 Å². The molecule has 0 amide bonds. The Morgan fingerprint density at radius 1 is 0.464 bits per heavy atom. The van der Waals surface area contributed by atoms with Crippen molar-refractivity contribution in [1.29, 1.82) is 0 Å². The van der Waals surface area contributed by atoms with E-state index >= 15 is 0 Å². The standard InChI is InChI=1S/C46H34N4O6/c1-23(2)55-45-39(41(51)43(45)53)37-31-19-15-27(47-31)35(25-11-7-5-8-12-25)29-17-21-33(49-29)38(40-42(52)44(54)46(40)56-24(3)4)34-22-18-30(50-34)36(26-13-9-6-10-14-26)28-16-20-32(37)48-28/h5-24,51,53H,1-4H3. The molecule has 0 saturated heterocycles. The third kappa shape index (κ3) is 5.57. The van der Waals surface area contributed by atoms with E-state index < -0.39 is 10.9 Å². The number of aliphatic hydroxyl groups is 2. The normalized spacial score (nSPS) is 18.7. The van der Waals surface area contributed by atoms with Crippen LogP contribution in [0, 0.1) is 0 Å². The quantitative estimate of drug-likeness (QED) is 0.225. The predicted octanol–water partition coefficient (Wildman–Crippen LogP) is 7.93. The maximum atomic E-state index is 13.5. The van der Waals surface area contributed by atoms with Gasteiger partial charge in [0.2, 0.25) is 11.2 Å². The molecule has 0 fully saturated rings. The molecule has 0 unspecified atom stereocenters. The molecule has 0 spiro atoms. The summed E-state index contributed by atoms with van der Waals surface area (Å²) < 4.78 is 11.9. The Bertz CT molecular complexity index is 2780. The van der Waals surface area contributed by atoms with E-state index in [2.05, 4.69) is 0 Å². The minimum Gasteiger partial charge on any atom is -0.504 e. The Balaban J connectivity index is 1.37. The Labute approximate surface area is 321 Å². The highest BCUT2D eigenvalue weighted by Gasteiger charge is 2.39. The molecule has 10 heteroatoms. The number of rotatable bonds is 8. The molecule has 3 aromatic carbocycles. The fourth-order valence-electron chi connectivity index (χ4n) is 7.32. The van der Waals surface area contributed by atoms with Crippen molar-refractivity contribution in [3.8, 4) is 5.75 Å². The molecule has 274 valence electrons. The number of fused-ring (bicyclic) bond motifs is 4. The molecule has 5 heterocycles. The first-order valence-corrected chi connectivity index (χ1v) is 18.3. The van der Waals surface area contributed by atoms with Crippen molar-refractivity contribution in [2.45, 2.75) is 39.9 Å². The van der Waals surface area contributed by atoms with Gasteiger partial charge in [-0.25, -0.2) is 20.0 Å². The summed E-state index contributed by atoms with van der Waals surface area (Å²) in [5, 5.41) is 22.0. The van der Waals surface area contributed by atoms with Crippen LogP contribution in [-0.4, -0.2) is 45.3 Å². The molecule has 0 radical (unpaired) electrons. The predicted molar refractivity (Wildman–Crippen MR) is 220 cm³/mol. The molecule has 0 atom stereocenters. The highest BCUT2D eigenvalue weighted by Crippen LogP contribution is 2.44. The maximum Gasteiger partial charge on any atom is 0.268 e. The molecule has 0 aromatic heterocycles. The Morgan fingerprint density at radius 3 is 1.34 bits per heavy atom. The number of hydrogen-bond acceptors (Lipinski definition) is 10. The molecule has 8 bridgehead atoms. The van der Waals surface area contributed by atoms with E-state index in [1.807, 2.05) is 123 Å². The van der Waals surface area contributed by atoms with Gasteiger partial charge in [-0.2, -0.15) is 0 Å². The van der Waals surface area contributed by atoms with Crippen LogP contribution in [0.25, 0.3) is 16.7 Å². The van der Waals surface area contributed by atoms with Crippen molar-refractivity contribution in [3.63, 3.8) is 0 Å². The molecule has 2 N–H and O–H groups in total. The molecule has 3 aromatic rings. The molecule has 9 rings (SSSR count). The van der Waals surface area contributed by atoms with Gasteiger partial charge < -0.3 is 19.7 Å². The molecule has 56 heavy (non-hydrogen) atoms. The zero-order valence-corrected chi connectivity index (χ0v) is 30.9. The van der Waals surface area contributed by atoms with Gasteiger partial charge in [-0.15, -0.1) is 0 Å². The van der Waals surface area contributed by atoms with Crippen LogP contribution in [0.3, 0.4) is 0 Å².